The Labute approximate surface area is 115 Å². The molecular weight excluding hydrogens is 264 g/mol. The average molecular weight is 277 g/mol. The molecule has 0 radical (unpaired) electrons. The van der Waals surface area contributed by atoms with Crippen LogP contribution in [0.1, 0.15) is 15.9 Å². The maximum absolute atomic E-state index is 12.0. The van der Waals surface area contributed by atoms with E-state index in [1.165, 1.54) is 18.2 Å². The lowest BCUT2D eigenvalue weighted by Gasteiger charge is -2.09. The van der Waals surface area contributed by atoms with E-state index in [-0.39, 0.29) is 22.2 Å². The summed E-state index contributed by atoms with van der Waals surface area (Å²) in [4.78, 5) is 12.0. The van der Waals surface area contributed by atoms with Crippen LogP contribution in [-0.2, 0) is 0 Å². The highest BCUT2D eigenvalue weighted by atomic mass is 35.5. The number of nitrogens with two attached hydrogens (primary N) is 1. The molecule has 0 aliphatic heterocycles. The van der Waals surface area contributed by atoms with Crippen LogP contribution in [0, 0.1) is 6.92 Å². The van der Waals surface area contributed by atoms with E-state index in [1.807, 2.05) is 6.92 Å². The van der Waals surface area contributed by atoms with E-state index in [4.69, 9.17) is 17.3 Å². The van der Waals surface area contributed by atoms with Crippen molar-refractivity contribution in [2.24, 2.45) is 0 Å². The molecule has 0 saturated heterocycles. The summed E-state index contributed by atoms with van der Waals surface area (Å²) in [5.41, 5.74) is 8.08. The molecule has 0 unspecified atom stereocenters. The predicted octanol–water partition coefficient (Wildman–Crippen LogP) is 3.19. The quantitative estimate of drug-likeness (QED) is 0.737. The van der Waals surface area contributed by atoms with Crippen molar-refractivity contribution < 1.29 is 9.90 Å². The van der Waals surface area contributed by atoms with E-state index in [0.29, 0.717) is 11.4 Å². The molecule has 2 rings (SSSR count). The Bertz CT molecular complexity index is 641. The maximum Gasteiger partial charge on any atom is 0.257 e. The van der Waals surface area contributed by atoms with Gasteiger partial charge < -0.3 is 16.2 Å². The minimum absolute atomic E-state index is 0.0111. The molecule has 0 spiro atoms. The minimum atomic E-state index is -0.384. The number of hydrogen-bond acceptors (Lipinski definition) is 3. The summed E-state index contributed by atoms with van der Waals surface area (Å²) in [7, 11) is 0. The molecule has 0 heterocycles. The molecule has 4 nitrogen and oxygen atoms in total. The van der Waals surface area contributed by atoms with Gasteiger partial charge in [-0.05, 0) is 48.9 Å². The lowest BCUT2D eigenvalue weighted by atomic mass is 10.1. The molecule has 0 aromatic heterocycles. The van der Waals surface area contributed by atoms with Gasteiger partial charge in [0.1, 0.15) is 5.75 Å². The third-order valence-electron chi connectivity index (χ3n) is 2.72. The summed E-state index contributed by atoms with van der Waals surface area (Å²) in [5, 5.41) is 12.4. The van der Waals surface area contributed by atoms with Crippen molar-refractivity contribution in [1.29, 1.82) is 0 Å². The molecule has 19 heavy (non-hydrogen) atoms. The van der Waals surface area contributed by atoms with Crippen molar-refractivity contribution in [2.45, 2.75) is 6.92 Å². The van der Waals surface area contributed by atoms with Gasteiger partial charge in [0.05, 0.1) is 10.6 Å². The Morgan fingerprint density at radius 2 is 2.00 bits per heavy atom. The molecule has 4 N–H and O–H groups in total. The largest absolute Gasteiger partial charge is 0.508 e. The molecular formula is C14H13ClN2O2. The molecule has 98 valence electrons. The lowest BCUT2D eigenvalue weighted by molar-refractivity contribution is 0.102. The van der Waals surface area contributed by atoms with Crippen molar-refractivity contribution >= 4 is 28.9 Å². The summed E-state index contributed by atoms with van der Waals surface area (Å²) < 4.78 is 0. The fourth-order valence-electron chi connectivity index (χ4n) is 1.64. The zero-order valence-electron chi connectivity index (χ0n) is 10.3. The Morgan fingerprint density at radius 3 is 2.68 bits per heavy atom. The summed E-state index contributed by atoms with van der Waals surface area (Å²) in [6, 6.07) is 9.41. The number of benzene rings is 2. The van der Waals surface area contributed by atoms with Gasteiger partial charge in [0.2, 0.25) is 0 Å². The Balaban J connectivity index is 2.25. The van der Waals surface area contributed by atoms with Crippen LogP contribution in [0.5, 0.6) is 5.75 Å². The first-order valence-corrected chi connectivity index (χ1v) is 6.01. The molecule has 0 aliphatic carbocycles. The third kappa shape index (κ3) is 2.98. The molecule has 0 saturated carbocycles. The van der Waals surface area contributed by atoms with Gasteiger partial charge in [-0.2, -0.15) is 0 Å². The highest BCUT2D eigenvalue weighted by molar-refractivity contribution is 6.34. The highest BCUT2D eigenvalue weighted by Crippen LogP contribution is 2.23. The van der Waals surface area contributed by atoms with Crippen molar-refractivity contribution in [3.63, 3.8) is 0 Å². The lowest BCUT2D eigenvalue weighted by Crippen LogP contribution is -2.12. The number of aryl methyl sites for hydroxylation is 1. The second-order valence-electron chi connectivity index (χ2n) is 4.19. The Morgan fingerprint density at radius 1 is 1.26 bits per heavy atom. The number of nitrogens with one attached hydrogen (secondary N) is 1. The zero-order valence-corrected chi connectivity index (χ0v) is 11.0. The van der Waals surface area contributed by atoms with Crippen molar-refractivity contribution in [3.8, 4) is 5.75 Å². The number of halogens is 1. The van der Waals surface area contributed by atoms with Gasteiger partial charge in [0.25, 0.3) is 5.91 Å². The van der Waals surface area contributed by atoms with Crippen molar-refractivity contribution in [2.75, 3.05) is 11.1 Å². The van der Waals surface area contributed by atoms with E-state index >= 15 is 0 Å². The highest BCUT2D eigenvalue weighted by Gasteiger charge is 2.11. The van der Waals surface area contributed by atoms with Crippen molar-refractivity contribution in [1.82, 2.24) is 0 Å². The molecule has 0 atom stereocenters. The molecule has 5 heteroatoms. The second kappa shape index (κ2) is 5.20. The number of phenols is 1. The molecule has 2 aromatic rings. The molecule has 0 fully saturated rings. The van der Waals surface area contributed by atoms with Crippen LogP contribution < -0.4 is 11.1 Å². The molecule has 1 amide bonds. The van der Waals surface area contributed by atoms with Gasteiger partial charge in [-0.25, -0.2) is 0 Å². The van der Waals surface area contributed by atoms with Gasteiger partial charge in [0, 0.05) is 11.4 Å². The number of carbonyl (C=O) groups excluding carboxylic acids is 1. The summed E-state index contributed by atoms with van der Waals surface area (Å²) in [6.45, 7) is 1.85. The van der Waals surface area contributed by atoms with Crippen LogP contribution in [0.3, 0.4) is 0 Å². The molecule has 2 aromatic carbocycles. The zero-order chi connectivity index (χ0) is 14.0. The first kappa shape index (κ1) is 13.2. The van der Waals surface area contributed by atoms with Gasteiger partial charge in [0.15, 0.2) is 0 Å². The number of aromatic hydroxyl groups is 1. The average Bonchev–Trinajstić information content (AvgIpc) is 2.36. The number of anilines is 2. The summed E-state index contributed by atoms with van der Waals surface area (Å²) in [5.74, 6) is -0.395. The number of hydrogen-bond donors (Lipinski definition) is 3. The first-order chi connectivity index (χ1) is 8.97. The van der Waals surface area contributed by atoms with Crippen LogP contribution in [-0.4, -0.2) is 11.0 Å². The fourth-order valence-corrected chi connectivity index (χ4v) is 1.84. The standard InChI is InChI=1S/C14H13ClN2O2/c1-8-6-9(2-5-13(8)16)17-14(19)11-7-10(18)3-4-12(11)15/h2-7,18H,16H2,1H3,(H,17,19). The normalized spacial score (nSPS) is 10.2. The SMILES string of the molecule is Cc1cc(NC(=O)c2cc(O)ccc2Cl)ccc1N. The first-order valence-electron chi connectivity index (χ1n) is 5.63. The van der Waals surface area contributed by atoms with Gasteiger partial charge in [-0.3, -0.25) is 4.79 Å². The van der Waals surface area contributed by atoms with Gasteiger partial charge in [-0.1, -0.05) is 11.6 Å². The number of nitrogen functional groups attached to an aromatic ring is 1. The van der Waals surface area contributed by atoms with Crippen LogP contribution in [0.4, 0.5) is 11.4 Å². The summed E-state index contributed by atoms with van der Waals surface area (Å²) in [6.07, 6.45) is 0. The third-order valence-corrected chi connectivity index (χ3v) is 3.05. The number of amides is 1. The molecule has 0 bridgehead atoms. The number of carbonyl (C=O) groups is 1. The van der Waals surface area contributed by atoms with Crippen molar-refractivity contribution in [3.05, 3.63) is 52.5 Å². The smallest absolute Gasteiger partial charge is 0.257 e. The molecule has 0 aliphatic rings. The van der Waals surface area contributed by atoms with E-state index < -0.39 is 0 Å². The van der Waals surface area contributed by atoms with E-state index in [2.05, 4.69) is 5.32 Å². The summed E-state index contributed by atoms with van der Waals surface area (Å²) >= 11 is 5.92. The maximum atomic E-state index is 12.0. The van der Waals surface area contributed by atoms with Crippen LogP contribution in [0.25, 0.3) is 0 Å². The Hall–Kier alpha value is -2.20. The van der Waals surface area contributed by atoms with Gasteiger partial charge in [-0.15, -0.1) is 0 Å². The minimum Gasteiger partial charge on any atom is -0.508 e. The monoisotopic (exact) mass is 276 g/mol. The van der Waals surface area contributed by atoms with E-state index in [0.717, 1.165) is 5.56 Å². The van der Waals surface area contributed by atoms with E-state index in [1.54, 1.807) is 18.2 Å². The van der Waals surface area contributed by atoms with E-state index in [9.17, 15) is 9.90 Å². The second-order valence-corrected chi connectivity index (χ2v) is 4.60. The van der Waals surface area contributed by atoms with Crippen LogP contribution >= 0.6 is 11.6 Å². The predicted molar refractivity (Wildman–Crippen MR) is 76.7 cm³/mol. The fraction of sp³-hybridized carbons (Fsp3) is 0.0714. The van der Waals surface area contributed by atoms with Crippen LogP contribution in [0.2, 0.25) is 5.02 Å². The van der Waals surface area contributed by atoms with Gasteiger partial charge >= 0.3 is 0 Å². The Kier molecular flexibility index (Phi) is 3.62. The number of rotatable bonds is 2. The van der Waals surface area contributed by atoms with Crippen LogP contribution in [0.15, 0.2) is 36.4 Å². The number of phenolic OH excluding ortho intramolecular Hbond substituents is 1. The topological polar surface area (TPSA) is 75.3 Å².